The Labute approximate surface area is 94.4 Å². The Morgan fingerprint density at radius 1 is 1.56 bits per heavy atom. The molecule has 16 heavy (non-hydrogen) atoms. The van der Waals surface area contributed by atoms with Gasteiger partial charge < -0.3 is 15.0 Å². The first-order chi connectivity index (χ1) is 7.88. The standard InChI is InChI=1S/C11H16N4O/c1-16-6-5-15-9-11(8-14-15)13-7-10-3-2-4-12-10/h2-4,8-9,12-13H,5-7H2,1H3. The van der Waals surface area contributed by atoms with Gasteiger partial charge in [0.15, 0.2) is 0 Å². The van der Waals surface area contributed by atoms with E-state index in [1.54, 1.807) is 7.11 Å². The third-order valence-corrected chi connectivity index (χ3v) is 2.30. The molecule has 2 rings (SSSR count). The lowest BCUT2D eigenvalue weighted by Gasteiger charge is -2.01. The minimum absolute atomic E-state index is 0.678. The van der Waals surface area contributed by atoms with E-state index in [1.807, 2.05) is 35.4 Å². The van der Waals surface area contributed by atoms with Gasteiger partial charge in [0.2, 0.25) is 0 Å². The molecule has 0 amide bonds. The van der Waals surface area contributed by atoms with Crippen LogP contribution < -0.4 is 5.32 Å². The van der Waals surface area contributed by atoms with Gasteiger partial charge >= 0.3 is 0 Å². The average Bonchev–Trinajstić information content (AvgIpc) is 2.95. The molecule has 0 aliphatic rings. The largest absolute Gasteiger partial charge is 0.383 e. The number of ether oxygens (including phenoxy) is 1. The number of aromatic nitrogens is 3. The number of hydrogen-bond acceptors (Lipinski definition) is 3. The number of anilines is 1. The van der Waals surface area contributed by atoms with Gasteiger partial charge in [0, 0.05) is 25.2 Å². The molecule has 2 aromatic rings. The molecule has 0 bridgehead atoms. The zero-order valence-corrected chi connectivity index (χ0v) is 9.31. The summed E-state index contributed by atoms with van der Waals surface area (Å²) >= 11 is 0. The van der Waals surface area contributed by atoms with Gasteiger partial charge in [-0.2, -0.15) is 5.10 Å². The van der Waals surface area contributed by atoms with E-state index >= 15 is 0 Å². The zero-order valence-electron chi connectivity index (χ0n) is 9.31. The van der Waals surface area contributed by atoms with Crippen molar-refractivity contribution >= 4 is 5.69 Å². The van der Waals surface area contributed by atoms with Crippen molar-refractivity contribution in [2.75, 3.05) is 19.0 Å². The average molecular weight is 220 g/mol. The molecule has 0 saturated carbocycles. The van der Waals surface area contributed by atoms with E-state index in [9.17, 15) is 0 Å². The van der Waals surface area contributed by atoms with Gasteiger partial charge in [0.1, 0.15) is 0 Å². The molecule has 0 aromatic carbocycles. The van der Waals surface area contributed by atoms with Crippen LogP contribution in [0.25, 0.3) is 0 Å². The van der Waals surface area contributed by atoms with Gasteiger partial charge in [-0.1, -0.05) is 0 Å². The summed E-state index contributed by atoms with van der Waals surface area (Å²) in [4.78, 5) is 3.14. The van der Waals surface area contributed by atoms with Gasteiger partial charge in [-0.3, -0.25) is 4.68 Å². The van der Waals surface area contributed by atoms with Crippen molar-refractivity contribution in [2.45, 2.75) is 13.1 Å². The second-order valence-corrected chi connectivity index (χ2v) is 3.53. The number of methoxy groups -OCH3 is 1. The molecule has 86 valence electrons. The van der Waals surface area contributed by atoms with Crippen molar-refractivity contribution in [3.05, 3.63) is 36.4 Å². The highest BCUT2D eigenvalue weighted by atomic mass is 16.5. The lowest BCUT2D eigenvalue weighted by atomic mass is 10.4. The summed E-state index contributed by atoms with van der Waals surface area (Å²) in [7, 11) is 1.69. The smallest absolute Gasteiger partial charge is 0.0729 e. The van der Waals surface area contributed by atoms with Crippen LogP contribution in [-0.2, 0) is 17.8 Å². The Hall–Kier alpha value is -1.75. The van der Waals surface area contributed by atoms with Crippen LogP contribution in [0.2, 0.25) is 0 Å². The fourth-order valence-corrected chi connectivity index (χ4v) is 1.44. The lowest BCUT2D eigenvalue weighted by Crippen LogP contribution is -2.04. The van der Waals surface area contributed by atoms with Crippen molar-refractivity contribution in [3.8, 4) is 0 Å². The highest BCUT2D eigenvalue weighted by molar-refractivity contribution is 5.38. The van der Waals surface area contributed by atoms with Crippen molar-refractivity contribution in [3.63, 3.8) is 0 Å². The second-order valence-electron chi connectivity index (χ2n) is 3.53. The molecule has 0 saturated heterocycles. The summed E-state index contributed by atoms with van der Waals surface area (Å²) in [5.74, 6) is 0. The van der Waals surface area contributed by atoms with Crippen LogP contribution in [0, 0.1) is 0 Å². The molecule has 0 aliphatic carbocycles. The van der Waals surface area contributed by atoms with Gasteiger partial charge in [0.25, 0.3) is 0 Å². The minimum Gasteiger partial charge on any atom is -0.383 e. The summed E-state index contributed by atoms with van der Waals surface area (Å²) in [6, 6.07) is 4.03. The normalized spacial score (nSPS) is 10.6. The molecule has 2 heterocycles. The van der Waals surface area contributed by atoms with E-state index in [2.05, 4.69) is 15.4 Å². The van der Waals surface area contributed by atoms with Gasteiger partial charge in [0.05, 0.1) is 31.6 Å². The van der Waals surface area contributed by atoms with Crippen LogP contribution in [0.3, 0.4) is 0 Å². The molecule has 0 atom stereocenters. The number of nitrogens with zero attached hydrogens (tertiary/aromatic N) is 2. The molecule has 0 aliphatic heterocycles. The van der Waals surface area contributed by atoms with Crippen LogP contribution in [0.4, 0.5) is 5.69 Å². The van der Waals surface area contributed by atoms with Crippen molar-refractivity contribution < 1.29 is 4.74 Å². The molecule has 0 spiro atoms. The zero-order chi connectivity index (χ0) is 11.2. The van der Waals surface area contributed by atoms with Gasteiger partial charge in [-0.25, -0.2) is 0 Å². The van der Waals surface area contributed by atoms with E-state index in [1.165, 1.54) is 0 Å². The maximum Gasteiger partial charge on any atom is 0.0729 e. The van der Waals surface area contributed by atoms with E-state index in [4.69, 9.17) is 4.74 Å². The van der Waals surface area contributed by atoms with Crippen LogP contribution in [0.1, 0.15) is 5.69 Å². The minimum atomic E-state index is 0.678. The first-order valence-electron chi connectivity index (χ1n) is 5.26. The molecule has 0 radical (unpaired) electrons. The van der Waals surface area contributed by atoms with E-state index in [0.717, 1.165) is 24.5 Å². The summed E-state index contributed by atoms with van der Waals surface area (Å²) in [6.07, 6.45) is 5.71. The number of hydrogen-bond donors (Lipinski definition) is 2. The molecule has 2 N–H and O–H groups in total. The van der Waals surface area contributed by atoms with E-state index in [0.29, 0.717) is 6.61 Å². The van der Waals surface area contributed by atoms with Crippen molar-refractivity contribution in [2.24, 2.45) is 0 Å². The molecule has 2 aromatic heterocycles. The topological polar surface area (TPSA) is 54.9 Å². The molecule has 0 fully saturated rings. The highest BCUT2D eigenvalue weighted by Crippen LogP contribution is 2.06. The SMILES string of the molecule is COCCn1cc(NCc2ccc[nH]2)cn1. The van der Waals surface area contributed by atoms with Crippen molar-refractivity contribution in [1.82, 2.24) is 14.8 Å². The van der Waals surface area contributed by atoms with Crippen LogP contribution >= 0.6 is 0 Å². The molecule has 0 unspecified atom stereocenters. The Morgan fingerprint density at radius 2 is 2.50 bits per heavy atom. The van der Waals surface area contributed by atoms with Crippen LogP contribution in [-0.4, -0.2) is 28.5 Å². The number of H-pyrrole nitrogens is 1. The first kappa shape index (κ1) is 10.8. The quantitative estimate of drug-likeness (QED) is 0.775. The monoisotopic (exact) mass is 220 g/mol. The third-order valence-electron chi connectivity index (χ3n) is 2.30. The van der Waals surface area contributed by atoms with E-state index < -0.39 is 0 Å². The van der Waals surface area contributed by atoms with Crippen LogP contribution in [0.5, 0.6) is 0 Å². The summed E-state index contributed by atoms with van der Waals surface area (Å²) in [5.41, 5.74) is 2.18. The van der Waals surface area contributed by atoms with Crippen LogP contribution in [0.15, 0.2) is 30.7 Å². The second kappa shape index (κ2) is 5.37. The lowest BCUT2D eigenvalue weighted by molar-refractivity contribution is 0.183. The Balaban J connectivity index is 1.83. The Morgan fingerprint density at radius 3 is 3.25 bits per heavy atom. The number of rotatable bonds is 6. The third kappa shape index (κ3) is 2.87. The fourth-order valence-electron chi connectivity index (χ4n) is 1.44. The Bertz CT molecular complexity index is 407. The molecular weight excluding hydrogens is 204 g/mol. The fraction of sp³-hybridized carbons (Fsp3) is 0.364. The number of aromatic amines is 1. The van der Waals surface area contributed by atoms with E-state index in [-0.39, 0.29) is 0 Å². The summed E-state index contributed by atoms with van der Waals surface area (Å²) in [5, 5.41) is 7.51. The Kier molecular flexibility index (Phi) is 3.61. The molecule has 5 nitrogen and oxygen atoms in total. The molecule has 5 heteroatoms. The number of nitrogens with one attached hydrogen (secondary N) is 2. The van der Waals surface area contributed by atoms with Gasteiger partial charge in [-0.05, 0) is 12.1 Å². The maximum atomic E-state index is 4.99. The summed E-state index contributed by atoms with van der Waals surface area (Å²) in [6.45, 7) is 2.24. The predicted octanol–water partition coefficient (Wildman–Crippen LogP) is 1.47. The highest BCUT2D eigenvalue weighted by Gasteiger charge is 1.98. The maximum absolute atomic E-state index is 4.99. The predicted molar refractivity (Wildman–Crippen MR) is 62.2 cm³/mol. The first-order valence-corrected chi connectivity index (χ1v) is 5.26. The van der Waals surface area contributed by atoms with Crippen molar-refractivity contribution in [1.29, 1.82) is 0 Å². The summed E-state index contributed by atoms with van der Waals surface area (Å²) < 4.78 is 6.85. The molecular formula is C11H16N4O. The van der Waals surface area contributed by atoms with Gasteiger partial charge in [-0.15, -0.1) is 0 Å².